The standard InChI is InChI=1S/C24H25N5O3/c1-15-8-5-6-9-17(15)14-28-22(30)20-21(26(3)24(28)31)25-23-27(20)13-16(2)29(23)18-10-7-11-19(12-18)32-4/h5-13,20-21H,14H2,1-4H3. The molecule has 0 saturated carbocycles. The van der Waals surface area contributed by atoms with Crippen LogP contribution in [0, 0.1) is 6.92 Å². The summed E-state index contributed by atoms with van der Waals surface area (Å²) < 4.78 is 5.37. The zero-order valence-corrected chi connectivity index (χ0v) is 18.5. The van der Waals surface area contributed by atoms with Crippen molar-refractivity contribution in [3.8, 4) is 5.75 Å². The van der Waals surface area contributed by atoms with E-state index in [9.17, 15) is 9.59 Å². The van der Waals surface area contributed by atoms with Crippen LogP contribution in [0.25, 0.3) is 0 Å². The molecular formula is C24H25N5O3. The number of methoxy groups -OCH3 is 1. The van der Waals surface area contributed by atoms with Crippen LogP contribution in [0.3, 0.4) is 0 Å². The van der Waals surface area contributed by atoms with E-state index in [2.05, 4.69) is 0 Å². The monoisotopic (exact) mass is 431 g/mol. The molecule has 1 fully saturated rings. The molecule has 0 radical (unpaired) electrons. The Kier molecular flexibility index (Phi) is 4.65. The number of fused-ring (bicyclic) bond motifs is 3. The smallest absolute Gasteiger partial charge is 0.328 e. The number of hydrogen-bond acceptors (Lipinski definition) is 6. The van der Waals surface area contributed by atoms with E-state index in [0.717, 1.165) is 28.3 Å². The van der Waals surface area contributed by atoms with Crippen LogP contribution >= 0.6 is 0 Å². The van der Waals surface area contributed by atoms with Crippen LogP contribution in [0.5, 0.6) is 5.75 Å². The van der Waals surface area contributed by atoms with Crippen molar-refractivity contribution in [2.75, 3.05) is 19.1 Å². The van der Waals surface area contributed by atoms with Crippen LogP contribution in [0.4, 0.5) is 10.5 Å². The maximum absolute atomic E-state index is 13.6. The number of aryl methyl sites for hydroxylation is 1. The molecule has 1 saturated heterocycles. The number of imide groups is 1. The maximum Gasteiger partial charge on any atom is 0.328 e. The zero-order chi connectivity index (χ0) is 22.6. The normalized spacial score (nSPS) is 22.1. The van der Waals surface area contributed by atoms with Crippen molar-refractivity contribution in [2.24, 2.45) is 4.99 Å². The molecule has 2 unspecified atom stereocenters. The first-order chi connectivity index (χ1) is 15.4. The third-order valence-electron chi connectivity index (χ3n) is 6.29. The predicted octanol–water partition coefficient (Wildman–Crippen LogP) is 3.15. The highest BCUT2D eigenvalue weighted by Crippen LogP contribution is 2.37. The first-order valence-corrected chi connectivity index (χ1v) is 10.5. The number of benzene rings is 2. The van der Waals surface area contributed by atoms with Crippen molar-refractivity contribution in [2.45, 2.75) is 32.6 Å². The van der Waals surface area contributed by atoms with Crippen LogP contribution in [-0.4, -0.2) is 59.0 Å². The summed E-state index contributed by atoms with van der Waals surface area (Å²) in [5.41, 5.74) is 3.82. The number of guanidine groups is 1. The van der Waals surface area contributed by atoms with Gasteiger partial charge in [0.05, 0.1) is 19.3 Å². The first kappa shape index (κ1) is 20.1. The fourth-order valence-electron chi connectivity index (χ4n) is 4.53. The lowest BCUT2D eigenvalue weighted by Crippen LogP contribution is -2.63. The van der Waals surface area contributed by atoms with E-state index in [1.165, 1.54) is 4.90 Å². The highest BCUT2D eigenvalue weighted by Gasteiger charge is 2.54. The van der Waals surface area contributed by atoms with Gasteiger partial charge in [-0.2, -0.15) is 0 Å². The Morgan fingerprint density at radius 1 is 1.06 bits per heavy atom. The van der Waals surface area contributed by atoms with Gasteiger partial charge in [0.1, 0.15) is 5.75 Å². The van der Waals surface area contributed by atoms with E-state index in [-0.39, 0.29) is 18.5 Å². The molecule has 0 N–H and O–H groups in total. The summed E-state index contributed by atoms with van der Waals surface area (Å²) in [6, 6.07) is 14.6. The fourth-order valence-corrected chi connectivity index (χ4v) is 4.53. The fraction of sp³-hybridized carbons (Fsp3) is 0.292. The molecule has 3 aliphatic heterocycles. The van der Waals surface area contributed by atoms with Gasteiger partial charge in [-0.3, -0.25) is 14.6 Å². The van der Waals surface area contributed by atoms with E-state index < -0.39 is 12.2 Å². The SMILES string of the molecule is COc1cccc(N2C(C)=CN3C2=NC2C3C(=O)N(Cc3ccccc3C)C(=O)N2C)c1. The van der Waals surface area contributed by atoms with Gasteiger partial charge in [0.2, 0.25) is 5.96 Å². The highest BCUT2D eigenvalue weighted by molar-refractivity contribution is 6.09. The van der Waals surface area contributed by atoms with Gasteiger partial charge < -0.3 is 14.5 Å². The number of anilines is 1. The second kappa shape index (κ2) is 7.40. The quantitative estimate of drug-likeness (QED) is 0.744. The molecule has 0 spiro atoms. The van der Waals surface area contributed by atoms with Crippen LogP contribution in [0.15, 0.2) is 65.4 Å². The number of aliphatic imine (C=N–C) groups is 1. The van der Waals surface area contributed by atoms with Crippen molar-refractivity contribution in [1.82, 2.24) is 14.7 Å². The number of carbonyl (C=O) groups excluding carboxylic acids is 2. The molecular weight excluding hydrogens is 406 g/mol. The molecule has 2 atom stereocenters. The second-order valence-electron chi connectivity index (χ2n) is 8.25. The highest BCUT2D eigenvalue weighted by atomic mass is 16.5. The second-order valence-corrected chi connectivity index (χ2v) is 8.25. The molecule has 8 heteroatoms. The number of allylic oxidation sites excluding steroid dienone is 1. The van der Waals surface area contributed by atoms with E-state index in [1.54, 1.807) is 19.1 Å². The van der Waals surface area contributed by atoms with Gasteiger partial charge in [-0.25, -0.2) is 9.79 Å². The van der Waals surface area contributed by atoms with Crippen molar-refractivity contribution in [3.63, 3.8) is 0 Å². The number of rotatable bonds is 4. The average molecular weight is 431 g/mol. The third-order valence-corrected chi connectivity index (χ3v) is 6.29. The van der Waals surface area contributed by atoms with Crippen molar-refractivity contribution in [1.29, 1.82) is 0 Å². The minimum absolute atomic E-state index is 0.239. The molecule has 0 bridgehead atoms. The average Bonchev–Trinajstić information content (AvgIpc) is 3.31. The summed E-state index contributed by atoms with van der Waals surface area (Å²) in [5.74, 6) is 1.13. The molecule has 5 rings (SSSR count). The largest absolute Gasteiger partial charge is 0.497 e. The van der Waals surface area contributed by atoms with Gasteiger partial charge in [-0.15, -0.1) is 0 Å². The predicted molar refractivity (Wildman–Crippen MR) is 121 cm³/mol. The Hall–Kier alpha value is -3.81. The molecule has 3 heterocycles. The summed E-state index contributed by atoms with van der Waals surface area (Å²) in [6.07, 6.45) is 1.35. The minimum Gasteiger partial charge on any atom is -0.497 e. The summed E-state index contributed by atoms with van der Waals surface area (Å²) >= 11 is 0. The van der Waals surface area contributed by atoms with Crippen LogP contribution < -0.4 is 9.64 Å². The Balaban J connectivity index is 1.48. The number of urea groups is 1. The Bertz CT molecular complexity index is 1170. The first-order valence-electron chi connectivity index (χ1n) is 10.5. The van der Waals surface area contributed by atoms with Gasteiger partial charge in [-0.05, 0) is 37.1 Å². The number of ether oxygens (including phenoxy) is 1. The molecule has 0 aliphatic carbocycles. The van der Waals surface area contributed by atoms with E-state index in [1.807, 2.05) is 78.4 Å². The van der Waals surface area contributed by atoms with Gasteiger partial charge >= 0.3 is 6.03 Å². The third kappa shape index (κ3) is 2.94. The van der Waals surface area contributed by atoms with Crippen LogP contribution in [-0.2, 0) is 11.3 Å². The number of nitrogens with zero attached hydrogens (tertiary/aromatic N) is 5. The molecule has 0 aromatic heterocycles. The van der Waals surface area contributed by atoms with E-state index in [4.69, 9.17) is 9.73 Å². The van der Waals surface area contributed by atoms with E-state index >= 15 is 0 Å². The molecule has 2 aromatic rings. The Labute approximate surface area is 187 Å². The Morgan fingerprint density at radius 3 is 2.59 bits per heavy atom. The lowest BCUT2D eigenvalue weighted by atomic mass is 10.1. The Morgan fingerprint density at radius 2 is 1.84 bits per heavy atom. The van der Waals surface area contributed by atoms with E-state index in [0.29, 0.717) is 5.96 Å². The summed E-state index contributed by atoms with van der Waals surface area (Å²) in [6.45, 7) is 4.20. The van der Waals surface area contributed by atoms with Crippen LogP contribution in [0.2, 0.25) is 0 Å². The number of hydrogen-bond donors (Lipinski definition) is 0. The number of likely N-dealkylation sites (N-methyl/N-ethyl adjacent to an activating group) is 1. The molecule has 3 aliphatic rings. The lowest BCUT2D eigenvalue weighted by molar-refractivity contribution is -0.137. The van der Waals surface area contributed by atoms with Gasteiger partial charge in [0, 0.05) is 25.0 Å². The molecule has 8 nitrogen and oxygen atoms in total. The van der Waals surface area contributed by atoms with Crippen LogP contribution in [0.1, 0.15) is 18.1 Å². The van der Waals surface area contributed by atoms with Crippen molar-refractivity contribution >= 4 is 23.6 Å². The number of carbonyl (C=O) groups is 2. The minimum atomic E-state index is -0.595. The molecule has 164 valence electrons. The summed E-state index contributed by atoms with van der Waals surface area (Å²) in [7, 11) is 3.33. The number of amides is 3. The van der Waals surface area contributed by atoms with Crippen molar-refractivity contribution in [3.05, 3.63) is 71.6 Å². The lowest BCUT2D eigenvalue weighted by Gasteiger charge is -2.40. The molecule has 32 heavy (non-hydrogen) atoms. The zero-order valence-electron chi connectivity index (χ0n) is 18.5. The maximum atomic E-state index is 13.6. The van der Waals surface area contributed by atoms with Gasteiger partial charge in [0.25, 0.3) is 5.91 Å². The topological polar surface area (TPSA) is 68.7 Å². The summed E-state index contributed by atoms with van der Waals surface area (Å²) in [5, 5.41) is 0. The van der Waals surface area contributed by atoms with Gasteiger partial charge in [0.15, 0.2) is 12.2 Å². The van der Waals surface area contributed by atoms with Crippen molar-refractivity contribution < 1.29 is 14.3 Å². The summed E-state index contributed by atoms with van der Waals surface area (Å²) in [4.78, 5) is 38.2. The molecule has 3 amide bonds. The van der Waals surface area contributed by atoms with Gasteiger partial charge in [-0.1, -0.05) is 30.3 Å². The molecule has 2 aromatic carbocycles.